The number of hydrogen-bond donors (Lipinski definition) is 3. The molecule has 0 aliphatic heterocycles. The van der Waals surface area contributed by atoms with Crippen LogP contribution in [0.3, 0.4) is 0 Å². The van der Waals surface area contributed by atoms with Crippen LogP contribution in [0.1, 0.15) is 233 Å². The smallest absolute Gasteiger partial charge is 0.161 e. The summed E-state index contributed by atoms with van der Waals surface area (Å²) >= 11 is 1.71. The molecule has 99 heavy (non-hydrogen) atoms. The van der Waals surface area contributed by atoms with Crippen molar-refractivity contribution in [3.8, 4) is 0 Å². The van der Waals surface area contributed by atoms with Gasteiger partial charge in [-0.2, -0.15) is 21.6 Å². The Kier molecular flexibility index (Phi) is 695. The Morgan fingerprint density at radius 1 is 0.313 bits per heavy atom. The Bertz CT molecular complexity index is 1430. The molecule has 0 saturated heterocycles. The topological polar surface area (TPSA) is 202 Å². The predicted molar refractivity (Wildman–Crippen MR) is 429 cm³/mol. The maximum absolute atomic E-state index is 4.58. The van der Waals surface area contributed by atoms with Crippen molar-refractivity contribution in [1.82, 2.24) is 70.7 Å². The van der Waals surface area contributed by atoms with E-state index in [0.29, 0.717) is 0 Å². The average Bonchev–Trinajstić information content (AvgIpc) is 4.51. The predicted octanol–water partition coefficient (Wildman–Crippen LogP) is 26.8. The molecule has 0 spiro atoms. The zero-order valence-corrected chi connectivity index (χ0v) is 96.3. The molecule has 0 bridgehead atoms. The fourth-order valence-corrected chi connectivity index (χ4v) is 2.86. The Morgan fingerprint density at radius 3 is 0.778 bits per heavy atom. The summed E-state index contributed by atoms with van der Waals surface area (Å²) in [6.07, 6.45) is 24.4. The van der Waals surface area contributed by atoms with Crippen molar-refractivity contribution in [1.29, 1.82) is 0 Å². The number of benzene rings is 1. The monoisotopic (exact) mass is 2020 g/mol. The molecule has 0 saturated carbocycles. The number of imidazole rings is 1. The molecular formula is C75H160N14OSY8-8. The maximum atomic E-state index is 4.58. The van der Waals surface area contributed by atoms with Crippen LogP contribution < -0.4 is 0 Å². The van der Waals surface area contributed by atoms with Crippen LogP contribution in [-0.4, -0.2) is 70.7 Å². The third-order valence-electron chi connectivity index (χ3n) is 4.54. The summed E-state index contributed by atoms with van der Waals surface area (Å²) in [5.74, 6) is 0.759. The standard InChI is InChI=1S/C7H8.C5H5N.C4H5N3.C4H4N2.C4H4O.C4H4S.2C3H4N2.16C2H6.CH2N4.8CH3.8Y/c1-7-5-3-2-4-6-7;1-2-4-6-5-3-1;1-4-6-2-5-3-7-4;1-2-5-4-6-3-1;2*1-2-4-5-3-1;1-2-5-3-4-1;1-2-4-5-3-1;16*1-2;1-2-4-5-3-1;;;;;;;;;;;;;;;;/h2-6H,1H3;1-5H;2-3H,1H3;1-4H;2*1-4H;2*1-3H,(H,4,5);16*1-2H3;1H,(H,2,3,4,5);8*1H3;;;;;;;;/q;;;;;;;;;;;;;;;;;;;;;;;;;8*-1;;;;;;;;. The van der Waals surface area contributed by atoms with Gasteiger partial charge in [0.05, 0.1) is 18.9 Å². The van der Waals surface area contributed by atoms with Crippen LogP contribution >= 0.6 is 11.3 Å². The summed E-state index contributed by atoms with van der Waals surface area (Å²) in [6, 6.07) is 27.3. The molecule has 15 nitrogen and oxygen atoms in total. The first-order valence-electron chi connectivity index (χ1n) is 30.9. The van der Waals surface area contributed by atoms with Gasteiger partial charge in [-0.15, -0.1) is 10.2 Å². The van der Waals surface area contributed by atoms with E-state index in [-0.39, 0.29) is 321 Å². The van der Waals surface area contributed by atoms with E-state index in [1.165, 1.54) is 30.9 Å². The molecule has 0 atom stereocenters. The normalized spacial score (nSPS) is 5.19. The number of tetrazole rings is 1. The Labute approximate surface area is 830 Å². The van der Waals surface area contributed by atoms with E-state index in [0.717, 1.165) is 5.82 Å². The second-order valence-corrected chi connectivity index (χ2v) is 9.26. The number of aromatic nitrogens is 14. The molecule has 0 fully saturated rings. The Morgan fingerprint density at radius 2 is 0.667 bits per heavy atom. The minimum Gasteiger partial charge on any atom is -0.473 e. The van der Waals surface area contributed by atoms with Crippen molar-refractivity contribution in [3.05, 3.63) is 260 Å². The molecule has 9 aromatic rings. The van der Waals surface area contributed by atoms with Crippen molar-refractivity contribution in [2.45, 2.75) is 235 Å². The largest absolute Gasteiger partial charge is 0.473 e. The first-order chi connectivity index (χ1) is 41.3. The number of furan rings is 1. The number of pyridine rings is 1. The number of thiophene rings is 1. The van der Waals surface area contributed by atoms with Crippen molar-refractivity contribution >= 4 is 11.3 Å². The fourth-order valence-electron chi connectivity index (χ4n) is 2.41. The second kappa shape index (κ2) is 324. The molecule has 8 heterocycles. The van der Waals surface area contributed by atoms with Crippen LogP contribution in [0.4, 0.5) is 0 Å². The van der Waals surface area contributed by atoms with Gasteiger partial charge in [0.15, 0.2) is 6.33 Å². The molecule has 0 amide bonds. The molecule has 1 aromatic carbocycles. The second-order valence-electron chi connectivity index (χ2n) is 8.44. The number of H-pyrrole nitrogens is 3. The van der Waals surface area contributed by atoms with Gasteiger partial charge in [0.1, 0.15) is 24.8 Å². The summed E-state index contributed by atoms with van der Waals surface area (Å²) in [4.78, 5) is 28.7. The molecule has 0 aliphatic carbocycles. The number of aryl methyl sites for hydroxylation is 2. The van der Waals surface area contributed by atoms with Crippen molar-refractivity contribution in [3.63, 3.8) is 0 Å². The van der Waals surface area contributed by atoms with E-state index in [2.05, 4.69) is 94.2 Å². The van der Waals surface area contributed by atoms with Gasteiger partial charge in [0.25, 0.3) is 0 Å². The molecule has 0 unspecified atom stereocenters. The first-order valence-corrected chi connectivity index (χ1v) is 31.9. The van der Waals surface area contributed by atoms with Gasteiger partial charge in [-0.3, -0.25) is 10.1 Å². The van der Waals surface area contributed by atoms with Gasteiger partial charge in [-0.1, -0.05) is 281 Å². The quantitative estimate of drug-likeness (QED) is 0.121. The van der Waals surface area contributed by atoms with E-state index >= 15 is 0 Å². The molecule has 0 aliphatic rings. The van der Waals surface area contributed by atoms with Gasteiger partial charge in [0.2, 0.25) is 0 Å². The molecule has 3 N–H and O–H groups in total. The van der Waals surface area contributed by atoms with E-state index in [1.54, 1.807) is 85.8 Å². The molecule has 24 heteroatoms. The molecule has 574 valence electrons. The average molecular weight is 2020 g/mol. The van der Waals surface area contributed by atoms with E-state index in [9.17, 15) is 0 Å². The van der Waals surface area contributed by atoms with Gasteiger partial charge < -0.3 is 68.8 Å². The third-order valence-corrected chi connectivity index (χ3v) is 5.17. The van der Waals surface area contributed by atoms with Gasteiger partial charge in [-0.05, 0) is 61.0 Å². The minimum absolute atomic E-state index is 0. The third kappa shape index (κ3) is 318. The molecule has 8 radical (unpaired) electrons. The number of nitrogens with one attached hydrogen (secondary N) is 3. The zero-order chi connectivity index (χ0) is 68.4. The summed E-state index contributed by atoms with van der Waals surface area (Å²) in [5.41, 5.74) is 1.32. The number of rotatable bonds is 0. The zero-order valence-electron chi connectivity index (χ0n) is 72.8. The van der Waals surface area contributed by atoms with Crippen molar-refractivity contribution in [2.24, 2.45) is 0 Å². The van der Waals surface area contributed by atoms with Crippen LogP contribution in [0.5, 0.6) is 0 Å². The van der Waals surface area contributed by atoms with Crippen LogP contribution in [0.2, 0.25) is 0 Å². The number of aromatic amines is 3. The van der Waals surface area contributed by atoms with Crippen LogP contribution in [0, 0.1) is 73.3 Å². The summed E-state index contributed by atoms with van der Waals surface area (Å²) in [5, 5.41) is 22.5. The molecule has 8 aromatic heterocycles. The van der Waals surface area contributed by atoms with E-state index in [1.807, 2.05) is 306 Å². The summed E-state index contributed by atoms with van der Waals surface area (Å²) < 4.78 is 4.58. The van der Waals surface area contributed by atoms with Gasteiger partial charge in [0, 0.05) is 311 Å². The van der Waals surface area contributed by atoms with Crippen molar-refractivity contribution < 1.29 is 266 Å². The SMILES string of the molecule is CC.CC.CC.CC.CC.CC.CC.CC.CC.CC.CC.CC.CC.CC.CC.CC.Cc1ccccc1.Cc1ncncn1.[CH3-].[CH3-].[CH3-].[CH3-].[CH3-].[CH3-].[CH3-].[CH3-].[Y].[Y].[Y].[Y].[Y].[Y].[Y].[Y].c1c[nH]cn1.c1ccncc1.c1ccoc1.c1ccsc1.c1cn[nH]c1.c1cncnc1.c1nn[nH]n1. The Hall–Kier alpha value is 1.76. The minimum atomic E-state index is 0. The summed E-state index contributed by atoms with van der Waals surface area (Å²) in [6.45, 7) is 67.9. The number of nitrogens with zero attached hydrogens (tertiary/aromatic N) is 11. The first kappa shape index (κ1) is 212. The van der Waals surface area contributed by atoms with Crippen LogP contribution in [0.25, 0.3) is 0 Å². The van der Waals surface area contributed by atoms with E-state index in [4.69, 9.17) is 0 Å². The van der Waals surface area contributed by atoms with E-state index < -0.39 is 0 Å². The Balaban J connectivity index is -0.0000000159. The summed E-state index contributed by atoms with van der Waals surface area (Å²) in [7, 11) is 0. The fraction of sp³-hybridized carbons (Fsp3) is 0.453. The molecular weight excluding hydrogens is 1860 g/mol. The van der Waals surface area contributed by atoms with Crippen molar-refractivity contribution in [2.75, 3.05) is 0 Å². The van der Waals surface area contributed by atoms with Gasteiger partial charge >= 0.3 is 0 Å². The van der Waals surface area contributed by atoms with Crippen LogP contribution in [-0.2, 0) is 262 Å². The number of hydrogen-bond acceptors (Lipinski definition) is 13. The van der Waals surface area contributed by atoms with Crippen LogP contribution in [0.15, 0.2) is 194 Å². The maximum Gasteiger partial charge on any atom is 0.161 e. The van der Waals surface area contributed by atoms with Gasteiger partial charge in [-0.25, -0.2) is 29.9 Å². The molecule has 9 rings (SSSR count).